The Balaban J connectivity index is 1.73. The molecule has 0 saturated carbocycles. The fourth-order valence-electron chi connectivity index (χ4n) is 3.21. The van der Waals surface area contributed by atoms with Crippen LogP contribution in [-0.4, -0.2) is 47.0 Å². The van der Waals surface area contributed by atoms with Gasteiger partial charge in [0.25, 0.3) is 0 Å². The van der Waals surface area contributed by atoms with Gasteiger partial charge >= 0.3 is 0 Å². The van der Waals surface area contributed by atoms with Crippen LogP contribution in [0.15, 0.2) is 54.6 Å². The molecule has 1 fully saturated rings. The lowest BCUT2D eigenvalue weighted by Crippen LogP contribution is -2.37. The van der Waals surface area contributed by atoms with E-state index in [4.69, 9.17) is 4.74 Å². The van der Waals surface area contributed by atoms with Crippen molar-refractivity contribution in [3.63, 3.8) is 0 Å². The van der Waals surface area contributed by atoms with E-state index < -0.39 is 12.2 Å². The maximum Gasteiger partial charge on any atom is 0.118 e. The number of rotatable bonds is 5. The molecule has 0 aromatic heterocycles. The Bertz CT molecular complexity index is 614. The third-order valence-corrected chi connectivity index (χ3v) is 4.51. The van der Waals surface area contributed by atoms with Gasteiger partial charge in [-0.15, -0.1) is 0 Å². The summed E-state index contributed by atoms with van der Waals surface area (Å²) in [6.45, 7) is 1.23. The minimum atomic E-state index is -0.721. The average molecular weight is 313 g/mol. The van der Waals surface area contributed by atoms with E-state index in [1.165, 1.54) is 5.56 Å². The van der Waals surface area contributed by atoms with Crippen molar-refractivity contribution in [2.75, 3.05) is 13.7 Å². The molecule has 2 N–H and O–H groups in total. The first kappa shape index (κ1) is 16.0. The lowest BCUT2D eigenvalue weighted by Gasteiger charge is -2.26. The number of hydrogen-bond acceptors (Lipinski definition) is 4. The van der Waals surface area contributed by atoms with Gasteiger partial charge in [-0.1, -0.05) is 42.5 Å². The highest BCUT2D eigenvalue weighted by atomic mass is 16.5. The van der Waals surface area contributed by atoms with Gasteiger partial charge in [0.2, 0.25) is 0 Å². The van der Waals surface area contributed by atoms with Crippen LogP contribution in [0, 0.1) is 0 Å². The predicted molar refractivity (Wildman–Crippen MR) is 89.4 cm³/mol. The maximum atomic E-state index is 10.4. The van der Waals surface area contributed by atoms with Crippen molar-refractivity contribution >= 4 is 0 Å². The van der Waals surface area contributed by atoms with Crippen LogP contribution in [0.1, 0.15) is 11.1 Å². The summed E-state index contributed by atoms with van der Waals surface area (Å²) in [4.78, 5) is 2.16. The van der Waals surface area contributed by atoms with E-state index >= 15 is 0 Å². The van der Waals surface area contributed by atoms with Gasteiger partial charge in [-0.3, -0.25) is 4.90 Å². The van der Waals surface area contributed by atoms with Crippen LogP contribution in [0.4, 0.5) is 0 Å². The largest absolute Gasteiger partial charge is 0.497 e. The molecule has 4 heteroatoms. The summed E-state index contributed by atoms with van der Waals surface area (Å²) in [5.74, 6) is 0.821. The molecule has 1 saturated heterocycles. The summed E-state index contributed by atoms with van der Waals surface area (Å²) in [7, 11) is 1.65. The number of β-amino-alcohol motifs (C(OH)–C–C–N with tert-alkyl or cyclic N) is 1. The van der Waals surface area contributed by atoms with Crippen LogP contribution in [0.3, 0.4) is 0 Å². The van der Waals surface area contributed by atoms with E-state index in [2.05, 4.69) is 17.0 Å². The summed E-state index contributed by atoms with van der Waals surface area (Å²) < 4.78 is 5.18. The van der Waals surface area contributed by atoms with E-state index in [1.807, 2.05) is 42.5 Å². The number of benzene rings is 2. The average Bonchev–Trinajstić information content (AvgIpc) is 2.84. The molecule has 0 radical (unpaired) electrons. The molecule has 3 atom stereocenters. The zero-order chi connectivity index (χ0) is 16.2. The molecule has 1 unspecified atom stereocenters. The number of nitrogens with zero attached hydrogens (tertiary/aromatic N) is 1. The van der Waals surface area contributed by atoms with Gasteiger partial charge in [0.15, 0.2) is 0 Å². The third kappa shape index (κ3) is 3.72. The molecule has 0 amide bonds. The van der Waals surface area contributed by atoms with Crippen molar-refractivity contribution in [3.8, 4) is 5.75 Å². The van der Waals surface area contributed by atoms with Crippen molar-refractivity contribution < 1.29 is 14.9 Å². The Morgan fingerprint density at radius 2 is 1.70 bits per heavy atom. The molecule has 0 bridgehead atoms. The fourth-order valence-corrected chi connectivity index (χ4v) is 3.21. The molecule has 1 aliphatic heterocycles. The van der Waals surface area contributed by atoms with Crippen LogP contribution >= 0.6 is 0 Å². The van der Waals surface area contributed by atoms with Gasteiger partial charge < -0.3 is 14.9 Å². The molecule has 122 valence electrons. The molecule has 0 aliphatic carbocycles. The van der Waals surface area contributed by atoms with Crippen molar-refractivity contribution in [3.05, 3.63) is 65.7 Å². The summed E-state index contributed by atoms with van der Waals surface area (Å²) in [6, 6.07) is 17.9. The van der Waals surface area contributed by atoms with E-state index in [0.717, 1.165) is 17.9 Å². The number of aliphatic hydroxyl groups is 2. The Labute approximate surface area is 136 Å². The first-order valence-corrected chi connectivity index (χ1v) is 7.94. The minimum Gasteiger partial charge on any atom is -0.497 e. The first-order valence-electron chi connectivity index (χ1n) is 7.94. The number of hydrogen-bond donors (Lipinski definition) is 2. The Kier molecular flexibility index (Phi) is 4.96. The molecule has 23 heavy (non-hydrogen) atoms. The molecule has 1 aliphatic rings. The highest BCUT2D eigenvalue weighted by Crippen LogP contribution is 2.25. The zero-order valence-corrected chi connectivity index (χ0v) is 13.3. The van der Waals surface area contributed by atoms with Crippen LogP contribution < -0.4 is 4.74 Å². The van der Waals surface area contributed by atoms with Crippen molar-refractivity contribution in [1.82, 2.24) is 4.90 Å². The third-order valence-electron chi connectivity index (χ3n) is 4.51. The molecular formula is C19H23NO3. The zero-order valence-electron chi connectivity index (χ0n) is 13.3. The number of likely N-dealkylation sites (tertiary alicyclic amines) is 1. The second-order valence-corrected chi connectivity index (χ2v) is 6.09. The van der Waals surface area contributed by atoms with Crippen molar-refractivity contribution in [2.24, 2.45) is 0 Å². The number of ether oxygens (including phenoxy) is 1. The van der Waals surface area contributed by atoms with Crippen LogP contribution in [0.5, 0.6) is 5.75 Å². The molecular weight excluding hydrogens is 290 g/mol. The van der Waals surface area contributed by atoms with E-state index in [0.29, 0.717) is 13.0 Å². The standard InChI is InChI=1S/C19H23NO3/c1-23-16-9-7-14(8-10-16)11-17-19(22)18(21)13-20(17)12-15-5-3-2-4-6-15/h2-10,17-19,21-22H,11-13H2,1H3/t17?,18-,19-/m0/s1. The van der Waals surface area contributed by atoms with Gasteiger partial charge in [0.1, 0.15) is 5.75 Å². The van der Waals surface area contributed by atoms with E-state index in [1.54, 1.807) is 7.11 Å². The highest BCUT2D eigenvalue weighted by Gasteiger charge is 2.39. The molecule has 4 nitrogen and oxygen atoms in total. The van der Waals surface area contributed by atoms with Gasteiger partial charge in [-0.05, 0) is 29.7 Å². The molecule has 2 aromatic rings. The normalized spacial score (nSPS) is 24.7. The van der Waals surface area contributed by atoms with Gasteiger partial charge in [0, 0.05) is 19.1 Å². The molecule has 1 heterocycles. The Morgan fingerprint density at radius 1 is 1.00 bits per heavy atom. The second-order valence-electron chi connectivity index (χ2n) is 6.09. The maximum absolute atomic E-state index is 10.4. The van der Waals surface area contributed by atoms with Crippen molar-refractivity contribution in [1.29, 1.82) is 0 Å². The summed E-state index contributed by atoms with van der Waals surface area (Å²) >= 11 is 0. The topological polar surface area (TPSA) is 52.9 Å². The SMILES string of the molecule is COc1ccc(CC2[C@H](O)[C@@H](O)CN2Cc2ccccc2)cc1. The van der Waals surface area contributed by atoms with Crippen LogP contribution in [0.25, 0.3) is 0 Å². The van der Waals surface area contributed by atoms with Gasteiger partial charge in [0.05, 0.1) is 19.3 Å². The second kappa shape index (κ2) is 7.13. The van der Waals surface area contributed by atoms with E-state index in [-0.39, 0.29) is 6.04 Å². The van der Waals surface area contributed by atoms with Gasteiger partial charge in [-0.25, -0.2) is 0 Å². The minimum absolute atomic E-state index is 0.0846. The molecule has 3 rings (SSSR count). The van der Waals surface area contributed by atoms with Crippen molar-refractivity contribution in [2.45, 2.75) is 31.2 Å². The van der Waals surface area contributed by atoms with E-state index in [9.17, 15) is 10.2 Å². The molecule has 0 spiro atoms. The van der Waals surface area contributed by atoms with Gasteiger partial charge in [-0.2, -0.15) is 0 Å². The first-order chi connectivity index (χ1) is 11.2. The number of aliphatic hydroxyl groups excluding tert-OH is 2. The monoisotopic (exact) mass is 313 g/mol. The smallest absolute Gasteiger partial charge is 0.118 e. The summed E-state index contributed by atoms with van der Waals surface area (Å²) in [5, 5.41) is 20.4. The Hall–Kier alpha value is -1.88. The summed E-state index contributed by atoms with van der Waals surface area (Å²) in [5.41, 5.74) is 2.32. The lowest BCUT2D eigenvalue weighted by molar-refractivity contribution is 0.0374. The fraction of sp³-hybridized carbons (Fsp3) is 0.368. The lowest BCUT2D eigenvalue weighted by atomic mass is 10.0. The predicted octanol–water partition coefficient (Wildman–Crippen LogP) is 1.84. The Morgan fingerprint density at radius 3 is 2.35 bits per heavy atom. The quantitative estimate of drug-likeness (QED) is 0.884. The molecule has 2 aromatic carbocycles. The highest BCUT2D eigenvalue weighted by molar-refractivity contribution is 5.28. The summed E-state index contributed by atoms with van der Waals surface area (Å²) in [6.07, 6.45) is -0.711. The van der Waals surface area contributed by atoms with Crippen LogP contribution in [0.2, 0.25) is 0 Å². The van der Waals surface area contributed by atoms with Crippen LogP contribution in [-0.2, 0) is 13.0 Å². The number of methoxy groups -OCH3 is 1.